The molecule has 0 aliphatic heterocycles. The average Bonchev–Trinajstić information content (AvgIpc) is 3.40. The molecule has 0 saturated heterocycles. The van der Waals surface area contributed by atoms with Crippen molar-refractivity contribution in [3.63, 3.8) is 0 Å². The third-order valence-electron chi connectivity index (χ3n) is 4.33. The van der Waals surface area contributed by atoms with Crippen LogP contribution < -0.4 is 15.2 Å². The van der Waals surface area contributed by atoms with Crippen molar-refractivity contribution in [3.8, 4) is 11.5 Å². The maximum atomic E-state index is 12.0. The molecule has 0 aromatic heterocycles. The summed E-state index contributed by atoms with van der Waals surface area (Å²) in [5.74, 6) is 1.55. The first-order valence-corrected chi connectivity index (χ1v) is 8.51. The summed E-state index contributed by atoms with van der Waals surface area (Å²) in [6.07, 6.45) is 1.56. The predicted molar refractivity (Wildman–Crippen MR) is 104 cm³/mol. The highest BCUT2D eigenvalue weighted by Crippen LogP contribution is 2.33. The van der Waals surface area contributed by atoms with E-state index in [1.54, 1.807) is 11.9 Å². The SMILES string of the molecule is CN(CCOc1ccc(OCc2ccccc2)cc1)C(=O)C1(N)CC1.Cl. The number of carbonyl (C=O) groups is 1. The molecule has 0 radical (unpaired) electrons. The quantitative estimate of drug-likeness (QED) is 0.769. The van der Waals surface area contributed by atoms with Crippen molar-refractivity contribution in [2.45, 2.75) is 25.0 Å². The molecule has 1 aliphatic rings. The van der Waals surface area contributed by atoms with Crippen molar-refractivity contribution in [1.29, 1.82) is 0 Å². The Labute approximate surface area is 160 Å². The van der Waals surface area contributed by atoms with Gasteiger partial charge in [-0.15, -0.1) is 12.4 Å². The minimum absolute atomic E-state index is 0. The van der Waals surface area contributed by atoms with Crippen molar-refractivity contribution in [2.24, 2.45) is 5.73 Å². The number of hydrogen-bond acceptors (Lipinski definition) is 4. The Morgan fingerprint density at radius 1 is 1.04 bits per heavy atom. The fourth-order valence-electron chi connectivity index (χ4n) is 2.50. The van der Waals surface area contributed by atoms with Gasteiger partial charge in [0.25, 0.3) is 0 Å². The number of nitrogens with zero attached hydrogens (tertiary/aromatic N) is 1. The monoisotopic (exact) mass is 376 g/mol. The molecule has 6 heteroatoms. The summed E-state index contributed by atoms with van der Waals surface area (Å²) in [5, 5.41) is 0. The zero-order chi connectivity index (χ0) is 17.7. The van der Waals surface area contributed by atoms with Gasteiger partial charge in [0.2, 0.25) is 5.91 Å². The highest BCUT2D eigenvalue weighted by atomic mass is 35.5. The Morgan fingerprint density at radius 3 is 2.19 bits per heavy atom. The molecule has 2 N–H and O–H groups in total. The number of amides is 1. The van der Waals surface area contributed by atoms with Gasteiger partial charge in [0, 0.05) is 7.05 Å². The zero-order valence-electron chi connectivity index (χ0n) is 14.9. The summed E-state index contributed by atoms with van der Waals surface area (Å²) in [4.78, 5) is 13.7. The van der Waals surface area contributed by atoms with Crippen LogP contribution in [0.1, 0.15) is 18.4 Å². The molecule has 140 valence electrons. The van der Waals surface area contributed by atoms with Gasteiger partial charge in [0.15, 0.2) is 0 Å². The number of likely N-dealkylation sites (N-methyl/N-ethyl adjacent to an activating group) is 1. The number of halogens is 1. The van der Waals surface area contributed by atoms with Crippen molar-refractivity contribution >= 4 is 18.3 Å². The van der Waals surface area contributed by atoms with Crippen LogP contribution >= 0.6 is 12.4 Å². The van der Waals surface area contributed by atoms with Crippen molar-refractivity contribution in [2.75, 3.05) is 20.2 Å². The van der Waals surface area contributed by atoms with Gasteiger partial charge in [-0.1, -0.05) is 30.3 Å². The van der Waals surface area contributed by atoms with E-state index in [4.69, 9.17) is 15.2 Å². The van der Waals surface area contributed by atoms with E-state index in [2.05, 4.69) is 0 Å². The standard InChI is InChI=1S/C20H24N2O3.ClH/c1-22(19(23)20(21)11-12-20)13-14-24-17-7-9-18(10-8-17)25-15-16-5-3-2-4-6-16;/h2-10H,11-15,21H2,1H3;1H. The highest BCUT2D eigenvalue weighted by Gasteiger charge is 2.47. The van der Waals surface area contributed by atoms with Crippen LogP contribution in [0, 0.1) is 0 Å². The van der Waals surface area contributed by atoms with Gasteiger partial charge in [0.1, 0.15) is 24.7 Å². The van der Waals surface area contributed by atoms with Crippen LogP contribution in [-0.2, 0) is 11.4 Å². The summed E-state index contributed by atoms with van der Waals surface area (Å²) in [7, 11) is 1.76. The Hall–Kier alpha value is -2.24. The van der Waals surface area contributed by atoms with Crippen LogP contribution in [0.25, 0.3) is 0 Å². The minimum Gasteiger partial charge on any atom is -0.492 e. The van der Waals surface area contributed by atoms with E-state index >= 15 is 0 Å². The van der Waals surface area contributed by atoms with Crippen molar-refractivity contribution < 1.29 is 14.3 Å². The second kappa shape index (κ2) is 8.92. The minimum atomic E-state index is -0.619. The van der Waals surface area contributed by atoms with Crippen molar-refractivity contribution in [1.82, 2.24) is 4.90 Å². The number of nitrogens with two attached hydrogens (primary N) is 1. The van der Waals surface area contributed by atoms with E-state index in [0.717, 1.165) is 29.9 Å². The van der Waals surface area contributed by atoms with E-state index in [1.807, 2.05) is 54.6 Å². The molecule has 1 amide bonds. The van der Waals surface area contributed by atoms with E-state index in [-0.39, 0.29) is 18.3 Å². The Morgan fingerprint density at radius 2 is 1.62 bits per heavy atom. The molecule has 1 saturated carbocycles. The fourth-order valence-corrected chi connectivity index (χ4v) is 2.50. The molecule has 0 unspecified atom stereocenters. The van der Waals surface area contributed by atoms with Crippen LogP contribution in [0.15, 0.2) is 54.6 Å². The van der Waals surface area contributed by atoms with Crippen LogP contribution in [-0.4, -0.2) is 36.5 Å². The normalized spacial score (nSPS) is 14.1. The second-order valence-electron chi connectivity index (χ2n) is 6.48. The molecule has 2 aromatic rings. The van der Waals surface area contributed by atoms with Gasteiger partial charge in [-0.05, 0) is 42.7 Å². The molecule has 5 nitrogen and oxygen atoms in total. The van der Waals surface area contributed by atoms with Gasteiger partial charge in [-0.3, -0.25) is 4.79 Å². The average molecular weight is 377 g/mol. The fraction of sp³-hybridized carbons (Fsp3) is 0.350. The first-order valence-electron chi connectivity index (χ1n) is 8.51. The molecular weight excluding hydrogens is 352 g/mol. The maximum absolute atomic E-state index is 12.0. The first kappa shape index (κ1) is 20.1. The predicted octanol–water partition coefficient (Wildman–Crippen LogP) is 3.02. The lowest BCUT2D eigenvalue weighted by Gasteiger charge is -2.21. The Kier molecular flexibility index (Phi) is 6.89. The molecule has 0 heterocycles. The largest absolute Gasteiger partial charge is 0.492 e. The van der Waals surface area contributed by atoms with Crippen LogP contribution in [0.3, 0.4) is 0 Å². The van der Waals surface area contributed by atoms with E-state index in [1.165, 1.54) is 0 Å². The van der Waals surface area contributed by atoms with Gasteiger partial charge in [-0.2, -0.15) is 0 Å². The summed E-state index contributed by atoms with van der Waals surface area (Å²) in [6.45, 7) is 1.49. The number of benzene rings is 2. The first-order chi connectivity index (χ1) is 12.1. The number of ether oxygens (including phenoxy) is 2. The van der Waals surface area contributed by atoms with Crippen molar-refractivity contribution in [3.05, 3.63) is 60.2 Å². The summed E-state index contributed by atoms with van der Waals surface area (Å²) in [5.41, 5.74) is 6.43. The van der Waals surface area contributed by atoms with Crippen LogP contribution in [0.4, 0.5) is 0 Å². The molecular formula is C20H25ClN2O3. The molecule has 0 atom stereocenters. The highest BCUT2D eigenvalue weighted by molar-refractivity contribution is 5.88. The third kappa shape index (κ3) is 5.38. The van der Waals surface area contributed by atoms with Gasteiger partial charge in [-0.25, -0.2) is 0 Å². The lowest BCUT2D eigenvalue weighted by Crippen LogP contribution is -2.45. The molecule has 3 rings (SSSR count). The van der Waals surface area contributed by atoms with Gasteiger partial charge >= 0.3 is 0 Å². The number of carbonyl (C=O) groups excluding carboxylic acids is 1. The molecule has 1 fully saturated rings. The molecule has 0 bridgehead atoms. The number of rotatable bonds is 8. The Balaban J connectivity index is 0.00000243. The lowest BCUT2D eigenvalue weighted by atomic mass is 10.2. The Bertz CT molecular complexity index is 703. The zero-order valence-corrected chi connectivity index (χ0v) is 15.7. The van der Waals surface area contributed by atoms with Crippen LogP contribution in [0.2, 0.25) is 0 Å². The third-order valence-corrected chi connectivity index (χ3v) is 4.33. The number of hydrogen-bond donors (Lipinski definition) is 1. The molecule has 0 spiro atoms. The maximum Gasteiger partial charge on any atom is 0.242 e. The summed E-state index contributed by atoms with van der Waals surface area (Å²) in [6, 6.07) is 17.5. The summed E-state index contributed by atoms with van der Waals surface area (Å²) < 4.78 is 11.4. The van der Waals surface area contributed by atoms with Crippen LogP contribution in [0.5, 0.6) is 11.5 Å². The molecule has 1 aliphatic carbocycles. The van der Waals surface area contributed by atoms with E-state index < -0.39 is 5.54 Å². The smallest absolute Gasteiger partial charge is 0.242 e. The molecule has 2 aromatic carbocycles. The lowest BCUT2D eigenvalue weighted by molar-refractivity contribution is -0.132. The summed E-state index contributed by atoms with van der Waals surface area (Å²) >= 11 is 0. The second-order valence-corrected chi connectivity index (χ2v) is 6.48. The molecule has 26 heavy (non-hydrogen) atoms. The van der Waals surface area contributed by atoms with Gasteiger partial charge in [0.05, 0.1) is 12.1 Å². The van der Waals surface area contributed by atoms with E-state index in [9.17, 15) is 4.79 Å². The van der Waals surface area contributed by atoms with Gasteiger partial charge < -0.3 is 20.1 Å². The van der Waals surface area contributed by atoms with E-state index in [0.29, 0.717) is 19.8 Å². The topological polar surface area (TPSA) is 64.8 Å².